The minimum Gasteiger partial charge on any atom is -0.362 e. The fourth-order valence-corrected chi connectivity index (χ4v) is 5.67. The standard InChI is InChI=1S/C15H19NO3S/c1-10-2-4-13(5-3-10)20(17,18)16-8-12-6-11-7-14(12)15(16)19-9-11/h2-5,11-12,14-15H,6-9H2,1H3/t11-,12-,14?,15-/m1/s1. The predicted molar refractivity (Wildman–Crippen MR) is 74.5 cm³/mol. The van der Waals surface area contributed by atoms with Gasteiger partial charge in [0.1, 0.15) is 6.23 Å². The van der Waals surface area contributed by atoms with E-state index in [1.54, 1.807) is 16.4 Å². The Hall–Kier alpha value is -0.910. The lowest BCUT2D eigenvalue weighted by Crippen LogP contribution is -2.43. The summed E-state index contributed by atoms with van der Waals surface area (Å²) in [6.07, 6.45) is 2.03. The second kappa shape index (κ2) is 4.29. The van der Waals surface area contributed by atoms with Gasteiger partial charge in [0.05, 0.1) is 11.5 Å². The summed E-state index contributed by atoms with van der Waals surface area (Å²) < 4.78 is 33.1. The van der Waals surface area contributed by atoms with E-state index < -0.39 is 10.0 Å². The highest BCUT2D eigenvalue weighted by Crippen LogP contribution is 2.50. The topological polar surface area (TPSA) is 46.6 Å². The lowest BCUT2D eigenvalue weighted by atomic mass is 9.99. The molecule has 3 fully saturated rings. The Morgan fingerprint density at radius 1 is 1.20 bits per heavy atom. The average molecular weight is 293 g/mol. The maximum absolute atomic E-state index is 12.8. The van der Waals surface area contributed by atoms with Gasteiger partial charge in [-0.1, -0.05) is 17.7 Å². The van der Waals surface area contributed by atoms with Gasteiger partial charge in [-0.05, 0) is 43.7 Å². The molecule has 1 aromatic rings. The Morgan fingerprint density at radius 2 is 1.95 bits per heavy atom. The van der Waals surface area contributed by atoms with Crippen molar-refractivity contribution in [1.82, 2.24) is 4.31 Å². The quantitative estimate of drug-likeness (QED) is 0.838. The van der Waals surface area contributed by atoms with Crippen LogP contribution in [0.3, 0.4) is 0 Å². The van der Waals surface area contributed by atoms with Crippen LogP contribution in [0.4, 0.5) is 0 Å². The van der Waals surface area contributed by atoms with Crippen LogP contribution in [-0.4, -0.2) is 32.1 Å². The first kappa shape index (κ1) is 12.8. The summed E-state index contributed by atoms with van der Waals surface area (Å²) in [5.74, 6) is 1.56. The molecule has 2 saturated heterocycles. The number of hydrogen-bond acceptors (Lipinski definition) is 3. The molecule has 20 heavy (non-hydrogen) atoms. The van der Waals surface area contributed by atoms with Crippen molar-refractivity contribution >= 4 is 10.0 Å². The van der Waals surface area contributed by atoms with Gasteiger partial charge in [0.25, 0.3) is 0 Å². The summed E-state index contributed by atoms with van der Waals surface area (Å²) in [6.45, 7) is 3.31. The Kier molecular flexibility index (Phi) is 2.75. The molecule has 4 nitrogen and oxygen atoms in total. The maximum Gasteiger partial charge on any atom is 0.245 e. The molecule has 5 heteroatoms. The Labute approximate surface area is 119 Å². The van der Waals surface area contributed by atoms with Crippen LogP contribution in [0.15, 0.2) is 29.2 Å². The van der Waals surface area contributed by atoms with Crippen LogP contribution < -0.4 is 0 Å². The molecule has 4 atom stereocenters. The summed E-state index contributed by atoms with van der Waals surface area (Å²) in [4.78, 5) is 0.383. The van der Waals surface area contributed by atoms with Gasteiger partial charge >= 0.3 is 0 Å². The zero-order valence-corrected chi connectivity index (χ0v) is 12.3. The summed E-state index contributed by atoms with van der Waals surface area (Å²) in [5.41, 5.74) is 1.07. The zero-order chi connectivity index (χ0) is 13.9. The minimum atomic E-state index is -3.43. The second-order valence-electron chi connectivity index (χ2n) is 6.37. The van der Waals surface area contributed by atoms with Crippen molar-refractivity contribution < 1.29 is 13.2 Å². The maximum atomic E-state index is 12.8. The normalized spacial score (nSPS) is 36.5. The molecule has 4 rings (SSSR count). The van der Waals surface area contributed by atoms with E-state index in [4.69, 9.17) is 4.74 Å². The number of rotatable bonds is 2. The van der Waals surface area contributed by atoms with E-state index >= 15 is 0 Å². The number of aryl methyl sites for hydroxylation is 1. The van der Waals surface area contributed by atoms with Crippen LogP contribution in [-0.2, 0) is 14.8 Å². The monoisotopic (exact) mass is 293 g/mol. The third kappa shape index (κ3) is 1.76. The van der Waals surface area contributed by atoms with E-state index in [-0.39, 0.29) is 6.23 Å². The first-order valence-corrected chi connectivity index (χ1v) is 8.70. The van der Waals surface area contributed by atoms with Gasteiger partial charge in [0, 0.05) is 12.5 Å². The average Bonchev–Trinajstić information content (AvgIpc) is 2.90. The van der Waals surface area contributed by atoms with Crippen molar-refractivity contribution in [3.8, 4) is 0 Å². The van der Waals surface area contributed by atoms with Crippen LogP contribution in [0, 0.1) is 24.7 Å². The third-order valence-corrected chi connectivity index (χ3v) is 6.88. The number of nitrogens with zero attached hydrogens (tertiary/aromatic N) is 1. The number of fused-ring (bicyclic) bond motifs is 1. The molecule has 2 heterocycles. The smallest absolute Gasteiger partial charge is 0.245 e. The van der Waals surface area contributed by atoms with Crippen molar-refractivity contribution in [1.29, 1.82) is 0 Å². The summed E-state index contributed by atoms with van der Waals surface area (Å²) >= 11 is 0. The van der Waals surface area contributed by atoms with Gasteiger partial charge in [-0.15, -0.1) is 0 Å². The molecular weight excluding hydrogens is 274 g/mol. The van der Waals surface area contributed by atoms with E-state index in [1.807, 2.05) is 19.1 Å². The van der Waals surface area contributed by atoms with Crippen LogP contribution in [0.25, 0.3) is 0 Å². The highest BCUT2D eigenvalue weighted by atomic mass is 32.2. The van der Waals surface area contributed by atoms with E-state index in [9.17, 15) is 8.42 Å². The second-order valence-corrected chi connectivity index (χ2v) is 8.26. The van der Waals surface area contributed by atoms with Gasteiger partial charge in [-0.3, -0.25) is 0 Å². The molecule has 2 bridgehead atoms. The van der Waals surface area contributed by atoms with Crippen molar-refractivity contribution in [2.24, 2.45) is 17.8 Å². The molecule has 3 aliphatic rings. The van der Waals surface area contributed by atoms with Crippen molar-refractivity contribution in [2.45, 2.75) is 30.9 Å². The van der Waals surface area contributed by atoms with Crippen LogP contribution in [0.5, 0.6) is 0 Å². The van der Waals surface area contributed by atoms with Gasteiger partial charge in [0.15, 0.2) is 0 Å². The molecule has 0 spiro atoms. The van der Waals surface area contributed by atoms with Crippen LogP contribution in [0.2, 0.25) is 0 Å². The molecule has 2 aliphatic heterocycles. The lowest BCUT2D eigenvalue weighted by molar-refractivity contribution is -0.0682. The molecule has 1 aliphatic carbocycles. The summed E-state index contributed by atoms with van der Waals surface area (Å²) in [7, 11) is -3.43. The molecule has 1 aromatic carbocycles. The number of hydrogen-bond donors (Lipinski definition) is 0. The minimum absolute atomic E-state index is 0.231. The van der Waals surface area contributed by atoms with Crippen LogP contribution >= 0.6 is 0 Å². The van der Waals surface area contributed by atoms with Crippen molar-refractivity contribution in [3.63, 3.8) is 0 Å². The van der Waals surface area contributed by atoms with Crippen molar-refractivity contribution in [3.05, 3.63) is 29.8 Å². The highest BCUT2D eigenvalue weighted by Gasteiger charge is 2.54. The molecule has 1 unspecified atom stereocenters. The van der Waals surface area contributed by atoms with E-state index in [0.717, 1.165) is 25.0 Å². The van der Waals surface area contributed by atoms with Crippen LogP contribution in [0.1, 0.15) is 18.4 Å². The Balaban J connectivity index is 1.69. The third-order valence-electron chi connectivity index (χ3n) is 5.04. The summed E-state index contributed by atoms with van der Waals surface area (Å²) in [5, 5.41) is 0. The molecule has 1 saturated carbocycles. The van der Waals surface area contributed by atoms with E-state index in [2.05, 4.69) is 0 Å². The van der Waals surface area contributed by atoms with Gasteiger partial charge in [-0.2, -0.15) is 4.31 Å². The van der Waals surface area contributed by atoms with Crippen molar-refractivity contribution in [2.75, 3.05) is 13.2 Å². The first-order chi connectivity index (χ1) is 9.55. The van der Waals surface area contributed by atoms with E-state index in [0.29, 0.717) is 29.2 Å². The fourth-order valence-electron chi connectivity index (χ4n) is 4.04. The zero-order valence-electron chi connectivity index (χ0n) is 11.5. The van der Waals surface area contributed by atoms with Gasteiger partial charge < -0.3 is 4.74 Å². The molecule has 0 aromatic heterocycles. The lowest BCUT2D eigenvalue weighted by Gasteiger charge is -2.32. The largest absolute Gasteiger partial charge is 0.362 e. The van der Waals surface area contributed by atoms with Gasteiger partial charge in [0.2, 0.25) is 10.0 Å². The number of sulfonamides is 1. The van der Waals surface area contributed by atoms with E-state index in [1.165, 1.54) is 0 Å². The molecule has 0 amide bonds. The molecule has 108 valence electrons. The molecule has 0 N–H and O–H groups in total. The SMILES string of the molecule is Cc1ccc(S(=O)(=O)N2C[C@H]3C[C@H]4CO[C@@H]2C3C4)cc1. The van der Waals surface area contributed by atoms with Gasteiger partial charge in [-0.25, -0.2) is 8.42 Å². The highest BCUT2D eigenvalue weighted by molar-refractivity contribution is 7.89. The first-order valence-electron chi connectivity index (χ1n) is 7.26. The summed E-state index contributed by atoms with van der Waals surface area (Å²) in [6, 6.07) is 7.10. The predicted octanol–water partition coefficient (Wildman–Crippen LogP) is 2.00. The fraction of sp³-hybridized carbons (Fsp3) is 0.600. The molecule has 0 radical (unpaired) electrons. The Morgan fingerprint density at radius 3 is 2.70 bits per heavy atom. The number of benzene rings is 1. The Bertz CT molecular complexity index is 623. The number of ether oxygens (including phenoxy) is 1. The molecular formula is C15H19NO3S.